The molecule has 22 heavy (non-hydrogen) atoms. The maximum absolute atomic E-state index is 5.53. The lowest BCUT2D eigenvalue weighted by molar-refractivity contribution is 0.261. The standard InChI is InChI=1S/C16H18N6/c1-16(13-10-6-3-7-11-13)21-19-15(20-22-16)14(18-17)12-8-4-2-5-9-12/h2-11,21-22H,17H2,1H3,(H,19,20)/b18-14+. The minimum Gasteiger partial charge on any atom is -0.323 e. The lowest BCUT2D eigenvalue weighted by Crippen LogP contribution is -2.62. The predicted molar refractivity (Wildman–Crippen MR) is 87.8 cm³/mol. The number of benzene rings is 2. The minimum atomic E-state index is -0.513. The lowest BCUT2D eigenvalue weighted by Gasteiger charge is -2.35. The quantitative estimate of drug-likeness (QED) is 0.390. The van der Waals surface area contributed by atoms with Crippen molar-refractivity contribution in [3.8, 4) is 0 Å². The first-order valence-corrected chi connectivity index (χ1v) is 7.00. The maximum Gasteiger partial charge on any atom is 0.188 e. The van der Waals surface area contributed by atoms with Crippen molar-refractivity contribution in [2.75, 3.05) is 0 Å². The normalized spacial score (nSPS) is 21.5. The number of hydrogen-bond acceptors (Lipinski definition) is 6. The Labute approximate surface area is 129 Å². The number of rotatable bonds is 3. The topological polar surface area (TPSA) is 86.8 Å². The van der Waals surface area contributed by atoms with E-state index < -0.39 is 5.66 Å². The summed E-state index contributed by atoms with van der Waals surface area (Å²) in [5.74, 6) is 6.07. The largest absolute Gasteiger partial charge is 0.323 e. The average molecular weight is 294 g/mol. The number of hydrazone groups is 2. The van der Waals surface area contributed by atoms with Crippen LogP contribution in [0, 0.1) is 0 Å². The fourth-order valence-electron chi connectivity index (χ4n) is 2.30. The molecule has 1 heterocycles. The van der Waals surface area contributed by atoms with Gasteiger partial charge in [0.1, 0.15) is 11.4 Å². The molecule has 2 aromatic rings. The Balaban J connectivity index is 1.85. The molecule has 0 radical (unpaired) electrons. The third-order valence-corrected chi connectivity index (χ3v) is 3.57. The summed E-state index contributed by atoms with van der Waals surface area (Å²) >= 11 is 0. The summed E-state index contributed by atoms with van der Waals surface area (Å²) in [5, 5.41) is 8.23. The number of hydrogen-bond donors (Lipinski definition) is 4. The molecule has 0 amide bonds. The molecule has 0 bridgehead atoms. The maximum atomic E-state index is 5.53. The van der Waals surface area contributed by atoms with Crippen LogP contribution in [0.3, 0.4) is 0 Å². The zero-order valence-corrected chi connectivity index (χ0v) is 12.2. The Morgan fingerprint density at radius 2 is 1.68 bits per heavy atom. The molecule has 0 saturated heterocycles. The first-order chi connectivity index (χ1) is 10.7. The molecule has 1 unspecified atom stereocenters. The van der Waals surface area contributed by atoms with Gasteiger partial charge in [0, 0.05) is 5.56 Å². The fourth-order valence-corrected chi connectivity index (χ4v) is 2.30. The molecule has 5 N–H and O–H groups in total. The number of amidine groups is 1. The van der Waals surface area contributed by atoms with E-state index in [2.05, 4.69) is 26.5 Å². The van der Waals surface area contributed by atoms with E-state index >= 15 is 0 Å². The molecule has 6 nitrogen and oxygen atoms in total. The molecule has 0 saturated carbocycles. The van der Waals surface area contributed by atoms with E-state index in [-0.39, 0.29) is 0 Å². The fraction of sp³-hybridized carbons (Fsp3) is 0.125. The van der Waals surface area contributed by atoms with E-state index in [0.29, 0.717) is 11.5 Å². The van der Waals surface area contributed by atoms with Crippen molar-refractivity contribution in [1.29, 1.82) is 0 Å². The van der Waals surface area contributed by atoms with Crippen molar-refractivity contribution in [1.82, 2.24) is 16.3 Å². The summed E-state index contributed by atoms with van der Waals surface area (Å²) in [5.41, 5.74) is 11.5. The Morgan fingerprint density at radius 3 is 2.23 bits per heavy atom. The van der Waals surface area contributed by atoms with Crippen molar-refractivity contribution in [3.05, 3.63) is 71.8 Å². The van der Waals surface area contributed by atoms with Crippen LogP contribution in [0.15, 0.2) is 70.9 Å². The van der Waals surface area contributed by atoms with E-state index in [1.54, 1.807) is 0 Å². The van der Waals surface area contributed by atoms with Gasteiger partial charge in [-0.3, -0.25) is 10.9 Å². The number of hydrazine groups is 1. The van der Waals surface area contributed by atoms with Gasteiger partial charge in [-0.2, -0.15) is 10.2 Å². The van der Waals surface area contributed by atoms with Crippen LogP contribution >= 0.6 is 0 Å². The van der Waals surface area contributed by atoms with Gasteiger partial charge in [0.25, 0.3) is 0 Å². The van der Waals surface area contributed by atoms with Crippen LogP contribution in [0.4, 0.5) is 0 Å². The highest BCUT2D eigenvalue weighted by Gasteiger charge is 2.30. The van der Waals surface area contributed by atoms with Gasteiger partial charge >= 0.3 is 0 Å². The summed E-state index contributed by atoms with van der Waals surface area (Å²) < 4.78 is 0. The van der Waals surface area contributed by atoms with E-state index in [4.69, 9.17) is 5.84 Å². The number of nitrogens with one attached hydrogen (secondary N) is 3. The van der Waals surface area contributed by atoms with E-state index in [1.807, 2.05) is 67.6 Å². The van der Waals surface area contributed by atoms with Crippen LogP contribution in [0.2, 0.25) is 0 Å². The Hall–Kier alpha value is -2.86. The molecule has 1 atom stereocenters. The van der Waals surface area contributed by atoms with Gasteiger partial charge in [-0.15, -0.1) is 0 Å². The van der Waals surface area contributed by atoms with Crippen LogP contribution in [0.1, 0.15) is 18.1 Å². The van der Waals surface area contributed by atoms with Crippen LogP contribution in [-0.2, 0) is 5.66 Å². The van der Waals surface area contributed by atoms with Crippen molar-refractivity contribution < 1.29 is 0 Å². The molecule has 1 aliphatic rings. The molecule has 0 aliphatic carbocycles. The predicted octanol–water partition coefficient (Wildman–Crippen LogP) is 1.23. The zero-order chi connectivity index (χ0) is 15.4. The van der Waals surface area contributed by atoms with E-state index in [1.165, 1.54) is 0 Å². The van der Waals surface area contributed by atoms with E-state index in [0.717, 1.165) is 11.1 Å². The SMILES string of the molecule is CC1(c2ccccc2)NN=C(/C(=N/N)c2ccccc2)NN1. The highest BCUT2D eigenvalue weighted by Crippen LogP contribution is 2.18. The van der Waals surface area contributed by atoms with Crippen LogP contribution in [0.25, 0.3) is 0 Å². The molecular formula is C16H18N6. The van der Waals surface area contributed by atoms with Crippen molar-refractivity contribution in [2.24, 2.45) is 16.0 Å². The molecule has 0 spiro atoms. The number of nitrogens with zero attached hydrogens (tertiary/aromatic N) is 2. The Bertz CT molecular complexity index is 695. The molecule has 3 rings (SSSR count). The molecule has 1 aliphatic heterocycles. The summed E-state index contributed by atoms with van der Waals surface area (Å²) in [4.78, 5) is 0. The summed E-state index contributed by atoms with van der Waals surface area (Å²) in [6.07, 6.45) is 0. The first kappa shape index (κ1) is 14.1. The molecule has 2 aromatic carbocycles. The smallest absolute Gasteiger partial charge is 0.188 e. The zero-order valence-electron chi connectivity index (χ0n) is 12.2. The van der Waals surface area contributed by atoms with Crippen LogP contribution in [-0.4, -0.2) is 11.5 Å². The first-order valence-electron chi connectivity index (χ1n) is 7.00. The highest BCUT2D eigenvalue weighted by atomic mass is 15.6. The van der Waals surface area contributed by atoms with Gasteiger partial charge in [0.2, 0.25) is 0 Å². The molecule has 6 heteroatoms. The number of nitrogens with two attached hydrogens (primary N) is 1. The van der Waals surface area contributed by atoms with Gasteiger partial charge in [-0.25, -0.2) is 5.43 Å². The second-order valence-corrected chi connectivity index (χ2v) is 5.16. The van der Waals surface area contributed by atoms with E-state index in [9.17, 15) is 0 Å². The third kappa shape index (κ3) is 2.64. The summed E-state index contributed by atoms with van der Waals surface area (Å²) in [6, 6.07) is 19.7. The summed E-state index contributed by atoms with van der Waals surface area (Å²) in [6.45, 7) is 2.00. The minimum absolute atomic E-state index is 0.513. The molecular weight excluding hydrogens is 276 g/mol. The van der Waals surface area contributed by atoms with Gasteiger partial charge in [0.05, 0.1) is 0 Å². The monoisotopic (exact) mass is 294 g/mol. The van der Waals surface area contributed by atoms with Crippen molar-refractivity contribution >= 4 is 11.5 Å². The Kier molecular flexibility index (Phi) is 3.76. The van der Waals surface area contributed by atoms with Crippen LogP contribution < -0.4 is 22.1 Å². The van der Waals surface area contributed by atoms with Crippen molar-refractivity contribution in [3.63, 3.8) is 0 Å². The Morgan fingerprint density at radius 1 is 1.05 bits per heavy atom. The molecule has 0 fully saturated rings. The molecule has 0 aromatic heterocycles. The van der Waals surface area contributed by atoms with Gasteiger partial charge in [-0.05, 0) is 12.5 Å². The van der Waals surface area contributed by atoms with Gasteiger partial charge < -0.3 is 5.84 Å². The van der Waals surface area contributed by atoms with Crippen molar-refractivity contribution in [2.45, 2.75) is 12.6 Å². The second-order valence-electron chi connectivity index (χ2n) is 5.16. The lowest BCUT2D eigenvalue weighted by atomic mass is 10.0. The molecule has 112 valence electrons. The highest BCUT2D eigenvalue weighted by molar-refractivity contribution is 6.47. The van der Waals surface area contributed by atoms with Gasteiger partial charge in [-0.1, -0.05) is 60.7 Å². The van der Waals surface area contributed by atoms with Crippen LogP contribution in [0.5, 0.6) is 0 Å². The van der Waals surface area contributed by atoms with Gasteiger partial charge in [0.15, 0.2) is 5.84 Å². The third-order valence-electron chi connectivity index (χ3n) is 3.57. The second kappa shape index (κ2) is 5.87. The summed E-state index contributed by atoms with van der Waals surface area (Å²) in [7, 11) is 0. The average Bonchev–Trinajstić information content (AvgIpc) is 2.59.